The zero-order valence-electron chi connectivity index (χ0n) is 10.7. The largest absolute Gasteiger partial charge is 0.490 e. The maximum atomic E-state index is 10.8. The van der Waals surface area contributed by atoms with E-state index in [1.165, 1.54) is 32.4 Å². The maximum absolute atomic E-state index is 10.8. The third-order valence-electron chi connectivity index (χ3n) is 3.31. The van der Waals surface area contributed by atoms with E-state index >= 15 is 0 Å². The standard InChI is InChI=1S/C13H18N2O3/c1-3-4-9-7-11(9)14-10-5-6-12(15(16)17)13(8-10)18-2/h5-6,8-9,11,14H,3-4,7H2,1-2H3. The average Bonchev–Trinajstić information content (AvgIpc) is 3.07. The van der Waals surface area contributed by atoms with Crippen LogP contribution in [0.25, 0.3) is 0 Å². The Morgan fingerprint density at radius 1 is 1.56 bits per heavy atom. The molecule has 1 aromatic rings. The van der Waals surface area contributed by atoms with E-state index in [-0.39, 0.29) is 5.69 Å². The van der Waals surface area contributed by atoms with Gasteiger partial charge in [0.25, 0.3) is 0 Å². The van der Waals surface area contributed by atoms with Gasteiger partial charge in [-0.1, -0.05) is 13.3 Å². The zero-order chi connectivity index (χ0) is 13.1. The second-order valence-electron chi connectivity index (χ2n) is 4.68. The van der Waals surface area contributed by atoms with Gasteiger partial charge in [0.1, 0.15) is 0 Å². The minimum absolute atomic E-state index is 0.00366. The SMILES string of the molecule is CCCC1CC1Nc1ccc([N+](=O)[O-])c(OC)c1. The van der Waals surface area contributed by atoms with E-state index in [9.17, 15) is 10.1 Å². The van der Waals surface area contributed by atoms with Crippen LogP contribution in [-0.2, 0) is 0 Å². The van der Waals surface area contributed by atoms with Crippen molar-refractivity contribution in [2.24, 2.45) is 5.92 Å². The van der Waals surface area contributed by atoms with Gasteiger partial charge in [-0.05, 0) is 24.8 Å². The molecule has 1 saturated carbocycles. The first-order chi connectivity index (χ1) is 8.65. The molecule has 2 atom stereocenters. The molecule has 0 radical (unpaired) electrons. The van der Waals surface area contributed by atoms with Crippen molar-refractivity contribution in [1.29, 1.82) is 0 Å². The van der Waals surface area contributed by atoms with Crippen LogP contribution >= 0.6 is 0 Å². The first-order valence-corrected chi connectivity index (χ1v) is 6.24. The van der Waals surface area contributed by atoms with E-state index < -0.39 is 4.92 Å². The molecule has 5 nitrogen and oxygen atoms in total. The summed E-state index contributed by atoms with van der Waals surface area (Å²) in [5.41, 5.74) is 0.894. The third-order valence-corrected chi connectivity index (χ3v) is 3.31. The molecule has 1 aromatic carbocycles. The van der Waals surface area contributed by atoms with Crippen LogP contribution in [0, 0.1) is 16.0 Å². The minimum atomic E-state index is -0.431. The number of nitrogens with zero attached hydrogens (tertiary/aromatic N) is 1. The molecule has 1 aliphatic rings. The van der Waals surface area contributed by atoms with Crippen molar-refractivity contribution in [3.63, 3.8) is 0 Å². The van der Waals surface area contributed by atoms with Gasteiger partial charge >= 0.3 is 5.69 Å². The molecule has 0 saturated heterocycles. The second kappa shape index (κ2) is 5.25. The van der Waals surface area contributed by atoms with Crippen molar-refractivity contribution in [1.82, 2.24) is 0 Å². The summed E-state index contributed by atoms with van der Waals surface area (Å²) in [6, 6.07) is 5.43. The molecule has 18 heavy (non-hydrogen) atoms. The Balaban J connectivity index is 2.04. The van der Waals surface area contributed by atoms with Gasteiger partial charge in [-0.15, -0.1) is 0 Å². The number of nitrogens with one attached hydrogen (secondary N) is 1. The molecule has 0 spiro atoms. The Hall–Kier alpha value is -1.78. The van der Waals surface area contributed by atoms with Gasteiger partial charge in [-0.3, -0.25) is 10.1 Å². The van der Waals surface area contributed by atoms with E-state index in [4.69, 9.17) is 4.74 Å². The summed E-state index contributed by atoms with van der Waals surface area (Å²) in [5.74, 6) is 1.05. The normalized spacial score (nSPS) is 21.4. The summed E-state index contributed by atoms with van der Waals surface area (Å²) in [4.78, 5) is 10.3. The van der Waals surface area contributed by atoms with Gasteiger partial charge in [0, 0.05) is 23.9 Å². The number of ether oxygens (including phenoxy) is 1. The van der Waals surface area contributed by atoms with Gasteiger partial charge in [0.2, 0.25) is 0 Å². The first kappa shape index (κ1) is 12.7. The molecule has 0 aromatic heterocycles. The molecule has 0 aliphatic heterocycles. The Morgan fingerprint density at radius 3 is 2.94 bits per heavy atom. The highest BCUT2D eigenvalue weighted by molar-refractivity contribution is 5.58. The summed E-state index contributed by atoms with van der Waals surface area (Å²) in [5, 5.41) is 14.2. The van der Waals surface area contributed by atoms with Crippen LogP contribution in [0.15, 0.2) is 18.2 Å². The predicted octanol–water partition coefficient (Wildman–Crippen LogP) is 3.20. The number of benzene rings is 1. The third kappa shape index (κ3) is 2.72. The molecule has 0 amide bonds. The molecular weight excluding hydrogens is 232 g/mol. The number of nitro groups is 1. The number of hydrogen-bond donors (Lipinski definition) is 1. The van der Waals surface area contributed by atoms with Crippen LogP contribution in [0.5, 0.6) is 5.75 Å². The zero-order valence-corrected chi connectivity index (χ0v) is 10.7. The van der Waals surface area contributed by atoms with Crippen molar-refractivity contribution in [2.75, 3.05) is 12.4 Å². The highest BCUT2D eigenvalue weighted by Crippen LogP contribution is 2.38. The molecule has 98 valence electrons. The smallest absolute Gasteiger partial charge is 0.311 e. The summed E-state index contributed by atoms with van der Waals surface area (Å²) in [7, 11) is 1.45. The minimum Gasteiger partial charge on any atom is -0.490 e. The van der Waals surface area contributed by atoms with E-state index in [2.05, 4.69) is 12.2 Å². The number of methoxy groups -OCH3 is 1. The molecule has 2 rings (SSSR count). The van der Waals surface area contributed by atoms with Crippen molar-refractivity contribution < 1.29 is 9.66 Å². The van der Waals surface area contributed by atoms with Crippen LogP contribution in [0.2, 0.25) is 0 Å². The monoisotopic (exact) mass is 250 g/mol. The molecule has 2 unspecified atom stereocenters. The maximum Gasteiger partial charge on any atom is 0.311 e. The van der Waals surface area contributed by atoms with Gasteiger partial charge in [-0.25, -0.2) is 0 Å². The number of nitro benzene ring substituents is 1. The second-order valence-corrected chi connectivity index (χ2v) is 4.68. The number of hydrogen-bond acceptors (Lipinski definition) is 4. The van der Waals surface area contributed by atoms with Crippen molar-refractivity contribution in [2.45, 2.75) is 32.2 Å². The average molecular weight is 250 g/mol. The van der Waals surface area contributed by atoms with Gasteiger partial charge in [0.15, 0.2) is 5.75 Å². The fraction of sp³-hybridized carbons (Fsp3) is 0.538. The van der Waals surface area contributed by atoms with E-state index in [0.29, 0.717) is 11.8 Å². The van der Waals surface area contributed by atoms with Gasteiger partial charge in [-0.2, -0.15) is 0 Å². The van der Waals surface area contributed by atoms with Crippen LogP contribution < -0.4 is 10.1 Å². The lowest BCUT2D eigenvalue weighted by Gasteiger charge is -2.08. The summed E-state index contributed by atoms with van der Waals surface area (Å²) >= 11 is 0. The molecule has 1 N–H and O–H groups in total. The fourth-order valence-corrected chi connectivity index (χ4v) is 2.25. The Kier molecular flexibility index (Phi) is 3.69. The Labute approximate surface area is 106 Å². The van der Waals surface area contributed by atoms with E-state index in [1.807, 2.05) is 0 Å². The number of anilines is 1. The van der Waals surface area contributed by atoms with Gasteiger partial charge < -0.3 is 10.1 Å². The molecule has 0 heterocycles. The van der Waals surface area contributed by atoms with Gasteiger partial charge in [0.05, 0.1) is 12.0 Å². The lowest BCUT2D eigenvalue weighted by Crippen LogP contribution is -2.05. The highest BCUT2D eigenvalue weighted by atomic mass is 16.6. The van der Waals surface area contributed by atoms with Crippen LogP contribution in [0.3, 0.4) is 0 Å². The van der Waals surface area contributed by atoms with Crippen molar-refractivity contribution in [3.05, 3.63) is 28.3 Å². The van der Waals surface area contributed by atoms with Crippen molar-refractivity contribution >= 4 is 11.4 Å². The lowest BCUT2D eigenvalue weighted by atomic mass is 10.2. The van der Waals surface area contributed by atoms with Crippen molar-refractivity contribution in [3.8, 4) is 5.75 Å². The molecule has 0 bridgehead atoms. The molecule has 5 heteroatoms. The lowest BCUT2D eigenvalue weighted by molar-refractivity contribution is -0.385. The van der Waals surface area contributed by atoms with E-state index in [0.717, 1.165) is 11.6 Å². The van der Waals surface area contributed by atoms with Crippen LogP contribution in [0.1, 0.15) is 26.2 Å². The highest BCUT2D eigenvalue weighted by Gasteiger charge is 2.36. The van der Waals surface area contributed by atoms with Crippen LogP contribution in [0.4, 0.5) is 11.4 Å². The summed E-state index contributed by atoms with van der Waals surface area (Å²) < 4.78 is 5.04. The van der Waals surface area contributed by atoms with Crippen LogP contribution in [-0.4, -0.2) is 18.1 Å². The summed E-state index contributed by atoms with van der Waals surface area (Å²) in [6.45, 7) is 2.18. The fourth-order valence-electron chi connectivity index (χ4n) is 2.25. The first-order valence-electron chi connectivity index (χ1n) is 6.24. The predicted molar refractivity (Wildman–Crippen MR) is 70.1 cm³/mol. The number of rotatable bonds is 6. The summed E-state index contributed by atoms with van der Waals surface area (Å²) in [6.07, 6.45) is 3.63. The topological polar surface area (TPSA) is 64.4 Å². The quantitative estimate of drug-likeness (QED) is 0.622. The Bertz CT molecular complexity index is 448. The van der Waals surface area contributed by atoms with E-state index in [1.54, 1.807) is 12.1 Å². The molecular formula is C13H18N2O3. The molecule has 1 aliphatic carbocycles. The molecule has 1 fully saturated rings. The Morgan fingerprint density at radius 2 is 2.33 bits per heavy atom.